The highest BCUT2D eigenvalue weighted by Gasteiger charge is 2.28. The van der Waals surface area contributed by atoms with E-state index in [2.05, 4.69) is 14.9 Å². The molecule has 134 valence electrons. The van der Waals surface area contributed by atoms with Gasteiger partial charge in [-0.05, 0) is 31.5 Å². The molecule has 8 nitrogen and oxygen atoms in total. The lowest BCUT2D eigenvalue weighted by atomic mass is 10.2. The number of aryl methyl sites for hydroxylation is 1. The summed E-state index contributed by atoms with van der Waals surface area (Å²) in [5.41, 5.74) is 0.444. The normalized spacial score (nSPS) is 16.9. The van der Waals surface area contributed by atoms with E-state index < -0.39 is 10.0 Å². The molecule has 1 aromatic carbocycles. The largest absolute Gasteiger partial charge is 0.487 e. The number of hydrogen-bond acceptors (Lipinski definition) is 7. The second-order valence-electron chi connectivity index (χ2n) is 5.65. The van der Waals surface area contributed by atoms with Gasteiger partial charge in [-0.2, -0.15) is 0 Å². The van der Waals surface area contributed by atoms with Gasteiger partial charge in [0.1, 0.15) is 16.9 Å². The van der Waals surface area contributed by atoms with Crippen LogP contribution in [0.2, 0.25) is 0 Å². The van der Waals surface area contributed by atoms with Crippen LogP contribution in [0.3, 0.4) is 0 Å². The first-order valence-electron chi connectivity index (χ1n) is 7.74. The molecule has 3 rings (SSSR count). The van der Waals surface area contributed by atoms with Gasteiger partial charge < -0.3 is 9.64 Å². The van der Waals surface area contributed by atoms with Crippen LogP contribution >= 0.6 is 11.3 Å². The maximum Gasteiger partial charge on any atom is 0.263 e. The molecular formula is C15H18N4O4S2. The number of sulfonamides is 1. The molecule has 0 bridgehead atoms. The number of aromatic nitrogens is 2. The number of anilines is 2. The third kappa shape index (κ3) is 3.59. The van der Waals surface area contributed by atoms with Gasteiger partial charge in [-0.3, -0.25) is 9.52 Å². The smallest absolute Gasteiger partial charge is 0.263 e. The van der Waals surface area contributed by atoms with E-state index in [-0.39, 0.29) is 22.0 Å². The molecule has 1 unspecified atom stereocenters. The summed E-state index contributed by atoms with van der Waals surface area (Å²) in [5.74, 6) is 0.313. The van der Waals surface area contributed by atoms with Crippen molar-refractivity contribution in [2.24, 2.45) is 0 Å². The van der Waals surface area contributed by atoms with E-state index in [1.165, 1.54) is 35.3 Å². The number of amides is 1. The summed E-state index contributed by atoms with van der Waals surface area (Å²) in [6, 6.07) is 4.44. The van der Waals surface area contributed by atoms with Crippen molar-refractivity contribution in [3.05, 3.63) is 23.2 Å². The standard InChI is InChI=1S/C15H18N4O4S2/c1-4-14-16-17-15(24-14)18-25(21,22)11-5-6-13-12(7-11)19(10(3)20)8-9(2)23-13/h5-7,9H,4,8H2,1-3H3,(H,17,18). The van der Waals surface area contributed by atoms with E-state index in [0.717, 1.165) is 5.01 Å². The van der Waals surface area contributed by atoms with Crippen molar-refractivity contribution in [2.75, 3.05) is 16.2 Å². The number of nitrogens with zero attached hydrogens (tertiary/aromatic N) is 3. The monoisotopic (exact) mass is 382 g/mol. The van der Waals surface area contributed by atoms with Crippen molar-refractivity contribution >= 4 is 38.1 Å². The third-order valence-electron chi connectivity index (χ3n) is 3.67. The van der Waals surface area contributed by atoms with Crippen LogP contribution in [0.15, 0.2) is 23.1 Å². The molecule has 0 saturated heterocycles. The lowest BCUT2D eigenvalue weighted by Gasteiger charge is -2.33. The molecule has 0 aliphatic carbocycles. The van der Waals surface area contributed by atoms with Crippen LogP contribution < -0.4 is 14.4 Å². The summed E-state index contributed by atoms with van der Waals surface area (Å²) >= 11 is 1.19. The quantitative estimate of drug-likeness (QED) is 0.868. The number of carbonyl (C=O) groups is 1. The van der Waals surface area contributed by atoms with Crippen LogP contribution in [0.1, 0.15) is 25.8 Å². The Labute approximate surface area is 149 Å². The molecule has 2 aromatic rings. The average molecular weight is 382 g/mol. The summed E-state index contributed by atoms with van der Waals surface area (Å²) in [7, 11) is -3.84. The zero-order valence-electron chi connectivity index (χ0n) is 14.0. The first-order valence-corrected chi connectivity index (χ1v) is 10.0. The summed E-state index contributed by atoms with van der Waals surface area (Å²) in [6.07, 6.45) is 0.521. The minimum Gasteiger partial charge on any atom is -0.487 e. The Kier molecular flexibility index (Phi) is 4.65. The summed E-state index contributed by atoms with van der Waals surface area (Å²) in [6.45, 7) is 5.58. The predicted molar refractivity (Wildman–Crippen MR) is 94.7 cm³/mol. The fourth-order valence-electron chi connectivity index (χ4n) is 2.49. The van der Waals surface area contributed by atoms with Gasteiger partial charge >= 0.3 is 0 Å². The molecule has 0 spiro atoms. The number of fused-ring (bicyclic) bond motifs is 1. The number of hydrogen-bond donors (Lipinski definition) is 1. The highest BCUT2D eigenvalue weighted by Crippen LogP contribution is 2.36. The maximum atomic E-state index is 12.6. The van der Waals surface area contributed by atoms with Gasteiger partial charge in [0.2, 0.25) is 11.0 Å². The first kappa shape index (κ1) is 17.6. The Morgan fingerprint density at radius 3 is 2.84 bits per heavy atom. The molecule has 25 heavy (non-hydrogen) atoms. The molecule has 10 heteroatoms. The van der Waals surface area contributed by atoms with Gasteiger partial charge in [0.25, 0.3) is 10.0 Å². The molecule has 0 radical (unpaired) electrons. The number of ether oxygens (including phenoxy) is 1. The second kappa shape index (κ2) is 6.60. The average Bonchev–Trinajstić information content (AvgIpc) is 3.00. The maximum absolute atomic E-state index is 12.6. The van der Waals surface area contributed by atoms with Gasteiger partial charge in [-0.1, -0.05) is 18.3 Å². The molecule has 1 N–H and O–H groups in total. The van der Waals surface area contributed by atoms with Crippen molar-refractivity contribution in [3.63, 3.8) is 0 Å². The fourth-order valence-corrected chi connectivity index (χ4v) is 4.42. The van der Waals surface area contributed by atoms with Crippen molar-refractivity contribution in [2.45, 2.75) is 38.2 Å². The molecular weight excluding hydrogens is 364 g/mol. The Balaban J connectivity index is 1.95. The molecule has 1 aliphatic heterocycles. The summed E-state index contributed by atoms with van der Waals surface area (Å²) in [4.78, 5) is 13.4. The minimum absolute atomic E-state index is 0.0314. The summed E-state index contributed by atoms with van der Waals surface area (Å²) < 4.78 is 33.3. The van der Waals surface area contributed by atoms with Gasteiger partial charge in [-0.15, -0.1) is 10.2 Å². The zero-order chi connectivity index (χ0) is 18.2. The van der Waals surface area contributed by atoms with Crippen LogP contribution in [0.25, 0.3) is 0 Å². The van der Waals surface area contributed by atoms with Crippen molar-refractivity contribution in [1.82, 2.24) is 10.2 Å². The second-order valence-corrected chi connectivity index (χ2v) is 8.39. The third-order valence-corrected chi connectivity index (χ3v) is 6.12. The molecule has 1 atom stereocenters. The van der Waals surface area contributed by atoms with Crippen LogP contribution in [0.4, 0.5) is 10.8 Å². The Hall–Kier alpha value is -2.20. The van der Waals surface area contributed by atoms with E-state index in [0.29, 0.717) is 24.4 Å². The predicted octanol–water partition coefficient (Wildman–Crippen LogP) is 2.04. The van der Waals surface area contributed by atoms with Crippen LogP contribution in [-0.2, 0) is 21.2 Å². The van der Waals surface area contributed by atoms with Crippen LogP contribution in [-0.4, -0.2) is 37.2 Å². The van der Waals surface area contributed by atoms with Crippen molar-refractivity contribution in [1.29, 1.82) is 0 Å². The lowest BCUT2D eigenvalue weighted by Crippen LogP contribution is -2.41. The molecule has 0 fully saturated rings. The molecule has 0 saturated carbocycles. The minimum atomic E-state index is -3.84. The van der Waals surface area contributed by atoms with E-state index in [4.69, 9.17) is 4.74 Å². The summed E-state index contributed by atoms with van der Waals surface area (Å²) in [5, 5.41) is 8.68. The number of carbonyl (C=O) groups excluding carboxylic acids is 1. The van der Waals surface area contributed by atoms with E-state index in [1.807, 2.05) is 13.8 Å². The van der Waals surface area contributed by atoms with Crippen molar-refractivity contribution in [3.8, 4) is 5.75 Å². The molecule has 1 aromatic heterocycles. The van der Waals surface area contributed by atoms with E-state index in [1.54, 1.807) is 6.07 Å². The van der Waals surface area contributed by atoms with Gasteiger partial charge in [0.05, 0.1) is 17.1 Å². The number of benzene rings is 1. The number of rotatable bonds is 4. The zero-order valence-corrected chi connectivity index (χ0v) is 15.6. The van der Waals surface area contributed by atoms with Gasteiger partial charge in [-0.25, -0.2) is 8.42 Å². The highest BCUT2D eigenvalue weighted by molar-refractivity contribution is 7.93. The Morgan fingerprint density at radius 2 is 2.20 bits per heavy atom. The van der Waals surface area contributed by atoms with Gasteiger partial charge in [0.15, 0.2) is 0 Å². The topological polar surface area (TPSA) is 101 Å². The molecule has 1 aliphatic rings. The Morgan fingerprint density at radius 1 is 1.44 bits per heavy atom. The van der Waals surface area contributed by atoms with E-state index in [9.17, 15) is 13.2 Å². The SMILES string of the molecule is CCc1nnc(NS(=O)(=O)c2ccc3c(c2)N(C(C)=O)CC(C)O3)s1. The first-order chi connectivity index (χ1) is 11.8. The molecule has 2 heterocycles. The lowest BCUT2D eigenvalue weighted by molar-refractivity contribution is -0.117. The fraction of sp³-hybridized carbons (Fsp3) is 0.400. The highest BCUT2D eigenvalue weighted by atomic mass is 32.2. The van der Waals surface area contributed by atoms with Crippen molar-refractivity contribution < 1.29 is 17.9 Å². The molecule has 1 amide bonds. The van der Waals surface area contributed by atoms with Crippen LogP contribution in [0, 0.1) is 0 Å². The number of nitrogens with one attached hydrogen (secondary N) is 1. The van der Waals surface area contributed by atoms with E-state index >= 15 is 0 Å². The van der Waals surface area contributed by atoms with Gasteiger partial charge in [0, 0.05) is 6.92 Å². The van der Waals surface area contributed by atoms with Crippen LogP contribution in [0.5, 0.6) is 5.75 Å². The Bertz CT molecular complexity index is 910.